The van der Waals surface area contributed by atoms with Crippen molar-refractivity contribution in [2.45, 2.75) is 73.9 Å². The average molecular weight is 629 g/mol. The molecular weight excluding hydrogens is 576 g/mol. The van der Waals surface area contributed by atoms with Crippen molar-refractivity contribution in [3.05, 3.63) is 0 Å². The van der Waals surface area contributed by atoms with Crippen LogP contribution in [0, 0.1) is 11.8 Å². The summed E-state index contributed by atoms with van der Waals surface area (Å²) >= 11 is 6.92. The molecule has 8 unspecified atom stereocenters. The Morgan fingerprint density at radius 1 is 1.14 bits per heavy atom. The van der Waals surface area contributed by atoms with Gasteiger partial charge in [0.05, 0.1) is 63.1 Å². The minimum Gasteiger partial charge on any atom is -0.390 e. The summed E-state index contributed by atoms with van der Waals surface area (Å²) in [6.07, 6.45) is 3.42. The molecule has 246 valence electrons. The molecule has 9 atom stereocenters. The van der Waals surface area contributed by atoms with Gasteiger partial charge in [-0.25, -0.2) is 0 Å². The van der Waals surface area contributed by atoms with E-state index in [2.05, 4.69) is 48.3 Å². The first-order valence-electron chi connectivity index (χ1n) is 16.4. The lowest BCUT2D eigenvalue weighted by molar-refractivity contribution is -0.126. The molecule has 13 nitrogen and oxygen atoms in total. The Morgan fingerprint density at radius 3 is 2.72 bits per heavy atom. The summed E-state index contributed by atoms with van der Waals surface area (Å²) in [5.41, 5.74) is 0. The fraction of sp³-hybridized carbons (Fsp3) is 0.966. The molecule has 5 heterocycles. The Balaban J connectivity index is 0.939. The van der Waals surface area contributed by atoms with Crippen LogP contribution in [0.3, 0.4) is 0 Å². The number of hydrogen-bond acceptors (Lipinski definition) is 12. The lowest BCUT2D eigenvalue weighted by Crippen LogP contribution is -2.73. The number of hydrogen-bond donors (Lipinski definition) is 6. The highest BCUT2D eigenvalue weighted by molar-refractivity contribution is 6.21. The lowest BCUT2D eigenvalue weighted by Gasteiger charge is -2.46. The standard InChI is InChI=1S/C29H53ClN8O5/c1-36-4-6-38(7-5-36)29-34-26(9-27(35-29)33-20-15-41-16-20)28(40)32-10-21(39)13-37-12-19-2-3-22(8-24(19)25(30)14-37)42-17-23-11-31-18-43-23/h19-27,29,31,33-35,39H,2-18H2,1H3,(H,32,40)/t19?,21-,22?,23?,24?,25?,26?,27?,29?/m0/s1. The molecule has 0 spiro atoms. The van der Waals surface area contributed by atoms with Gasteiger partial charge in [-0.2, -0.15) is 0 Å². The molecule has 5 aliphatic heterocycles. The molecular formula is C29H53ClN8O5. The van der Waals surface area contributed by atoms with E-state index in [1.807, 2.05) is 0 Å². The van der Waals surface area contributed by atoms with Crippen molar-refractivity contribution in [2.75, 3.05) is 92.5 Å². The van der Waals surface area contributed by atoms with Crippen LogP contribution >= 0.6 is 11.6 Å². The predicted octanol–water partition coefficient (Wildman–Crippen LogP) is -2.07. The van der Waals surface area contributed by atoms with Gasteiger partial charge in [-0.15, -0.1) is 11.6 Å². The van der Waals surface area contributed by atoms with Crippen molar-refractivity contribution in [3.63, 3.8) is 0 Å². The zero-order valence-electron chi connectivity index (χ0n) is 25.6. The number of likely N-dealkylation sites (N-methyl/N-ethyl adjacent to an activating group) is 1. The van der Waals surface area contributed by atoms with E-state index in [-0.39, 0.29) is 48.5 Å². The number of amides is 1. The molecule has 6 aliphatic rings. The van der Waals surface area contributed by atoms with Gasteiger partial charge >= 0.3 is 0 Å². The maximum atomic E-state index is 13.3. The smallest absolute Gasteiger partial charge is 0.237 e. The summed E-state index contributed by atoms with van der Waals surface area (Å²) < 4.78 is 17.2. The number of piperazine rings is 1. The van der Waals surface area contributed by atoms with Gasteiger partial charge in [0.2, 0.25) is 5.91 Å². The van der Waals surface area contributed by atoms with Crippen LogP contribution in [-0.4, -0.2) is 166 Å². The predicted molar refractivity (Wildman–Crippen MR) is 162 cm³/mol. The molecule has 1 saturated carbocycles. The molecule has 14 heteroatoms. The van der Waals surface area contributed by atoms with Crippen LogP contribution in [0.2, 0.25) is 0 Å². The van der Waals surface area contributed by atoms with E-state index in [9.17, 15) is 9.90 Å². The molecule has 6 fully saturated rings. The van der Waals surface area contributed by atoms with Crippen molar-refractivity contribution in [1.82, 2.24) is 41.3 Å². The molecule has 6 N–H and O–H groups in total. The number of rotatable bonds is 11. The number of alkyl halides is 1. The van der Waals surface area contributed by atoms with Gasteiger partial charge < -0.3 is 29.5 Å². The van der Waals surface area contributed by atoms with E-state index in [0.717, 1.165) is 65.1 Å². The topological polar surface area (TPSA) is 135 Å². The number of halogens is 1. The number of piperidine rings is 1. The zero-order chi connectivity index (χ0) is 29.8. The number of nitrogens with one attached hydrogen (secondary N) is 5. The third kappa shape index (κ3) is 8.78. The van der Waals surface area contributed by atoms with Crippen molar-refractivity contribution >= 4 is 17.5 Å². The summed E-state index contributed by atoms with van der Waals surface area (Å²) in [7, 11) is 2.14. The number of likely N-dealkylation sites (tertiary alicyclic amines) is 1. The molecule has 0 aromatic carbocycles. The molecule has 1 amide bonds. The quantitative estimate of drug-likeness (QED) is 0.140. The van der Waals surface area contributed by atoms with Gasteiger partial charge in [-0.3, -0.25) is 35.9 Å². The molecule has 5 saturated heterocycles. The normalized spacial score (nSPS) is 39.2. The van der Waals surface area contributed by atoms with Gasteiger partial charge in [0.1, 0.15) is 6.29 Å². The van der Waals surface area contributed by atoms with Gasteiger partial charge in [0.25, 0.3) is 0 Å². The average Bonchev–Trinajstić information content (AvgIpc) is 3.51. The molecule has 1 aliphatic carbocycles. The fourth-order valence-corrected chi connectivity index (χ4v) is 8.01. The third-order valence-corrected chi connectivity index (χ3v) is 10.6. The van der Waals surface area contributed by atoms with E-state index in [0.29, 0.717) is 57.4 Å². The van der Waals surface area contributed by atoms with Crippen molar-refractivity contribution in [1.29, 1.82) is 0 Å². The van der Waals surface area contributed by atoms with Crippen LogP contribution in [0.1, 0.15) is 25.7 Å². The summed E-state index contributed by atoms with van der Waals surface area (Å²) in [6, 6.07) is -0.0377. The molecule has 0 aromatic rings. The second-order valence-electron chi connectivity index (χ2n) is 13.5. The maximum absolute atomic E-state index is 13.3. The Morgan fingerprint density at radius 2 is 1.98 bits per heavy atom. The molecule has 0 aromatic heterocycles. The summed E-state index contributed by atoms with van der Waals surface area (Å²) in [6.45, 7) is 9.81. The van der Waals surface area contributed by atoms with Crippen molar-refractivity contribution in [2.24, 2.45) is 11.8 Å². The van der Waals surface area contributed by atoms with Crippen LogP contribution < -0.4 is 26.6 Å². The highest BCUT2D eigenvalue weighted by Crippen LogP contribution is 2.39. The first-order valence-corrected chi connectivity index (χ1v) is 16.9. The van der Waals surface area contributed by atoms with E-state index >= 15 is 0 Å². The highest BCUT2D eigenvalue weighted by atomic mass is 35.5. The number of ether oxygens (including phenoxy) is 3. The van der Waals surface area contributed by atoms with Crippen LogP contribution in [-0.2, 0) is 19.0 Å². The number of carbonyl (C=O) groups excluding carboxylic acids is 1. The van der Waals surface area contributed by atoms with E-state index < -0.39 is 6.10 Å². The number of aliphatic hydroxyl groups is 1. The van der Waals surface area contributed by atoms with Gasteiger partial charge in [-0.05, 0) is 38.1 Å². The number of β-amino-alcohol motifs (C(OH)–C–C–N with tert-alkyl or cyclic N) is 1. The van der Waals surface area contributed by atoms with Crippen LogP contribution in [0.4, 0.5) is 0 Å². The summed E-state index contributed by atoms with van der Waals surface area (Å²) in [5.74, 6) is 0.879. The van der Waals surface area contributed by atoms with Gasteiger partial charge in [0, 0.05) is 70.7 Å². The zero-order valence-corrected chi connectivity index (χ0v) is 26.4. The highest BCUT2D eigenvalue weighted by Gasteiger charge is 2.41. The van der Waals surface area contributed by atoms with Gasteiger partial charge in [-0.1, -0.05) is 0 Å². The van der Waals surface area contributed by atoms with Crippen molar-refractivity contribution in [3.8, 4) is 0 Å². The Hall–Kier alpha value is -0.680. The summed E-state index contributed by atoms with van der Waals surface area (Å²) in [5, 5.41) is 28.0. The Bertz CT molecular complexity index is 893. The number of carbonyl (C=O) groups is 1. The second-order valence-corrected chi connectivity index (χ2v) is 14.1. The van der Waals surface area contributed by atoms with Crippen LogP contribution in [0.5, 0.6) is 0 Å². The Kier molecular flexibility index (Phi) is 11.5. The largest absolute Gasteiger partial charge is 0.390 e. The lowest BCUT2D eigenvalue weighted by atomic mass is 9.73. The van der Waals surface area contributed by atoms with Crippen LogP contribution in [0.15, 0.2) is 0 Å². The minimum atomic E-state index is -0.653. The minimum absolute atomic E-state index is 0.0102. The Labute approximate surface area is 261 Å². The molecule has 43 heavy (non-hydrogen) atoms. The van der Waals surface area contributed by atoms with E-state index in [4.69, 9.17) is 25.8 Å². The number of aliphatic hydroxyl groups excluding tert-OH is 1. The first kappa shape index (κ1) is 32.3. The second kappa shape index (κ2) is 15.3. The SMILES string of the molecule is CN1CCN(C2NC(NC3COC3)CC(C(=O)NC[C@H](O)CN3CC(Cl)C4CC(OCC5CNCO5)CCC4C3)N2)CC1. The summed E-state index contributed by atoms with van der Waals surface area (Å²) in [4.78, 5) is 20.3. The van der Waals surface area contributed by atoms with Crippen molar-refractivity contribution < 1.29 is 24.1 Å². The number of nitrogens with zero attached hydrogens (tertiary/aromatic N) is 3. The number of fused-ring (bicyclic) bond motifs is 1. The fourth-order valence-electron chi connectivity index (χ4n) is 7.50. The first-order chi connectivity index (χ1) is 20.9. The maximum Gasteiger partial charge on any atom is 0.237 e. The monoisotopic (exact) mass is 628 g/mol. The molecule has 0 bridgehead atoms. The van der Waals surface area contributed by atoms with Gasteiger partial charge in [0.15, 0.2) is 0 Å². The van der Waals surface area contributed by atoms with Crippen LogP contribution in [0.25, 0.3) is 0 Å². The third-order valence-electron chi connectivity index (χ3n) is 10.2. The van der Waals surface area contributed by atoms with E-state index in [1.165, 1.54) is 0 Å². The molecule has 6 rings (SSSR count). The molecule has 0 radical (unpaired) electrons. The van der Waals surface area contributed by atoms with E-state index in [1.54, 1.807) is 0 Å².